The largest absolute Gasteiger partial charge is 0.486 e. The maximum absolute atomic E-state index is 6.30. The van der Waals surface area contributed by atoms with E-state index < -0.39 is 0 Å². The van der Waals surface area contributed by atoms with E-state index in [2.05, 4.69) is 26.8 Å². The smallest absolute Gasteiger partial charge is 0.171 e. The van der Waals surface area contributed by atoms with Gasteiger partial charge in [0.05, 0.1) is 17.1 Å². The van der Waals surface area contributed by atoms with Crippen molar-refractivity contribution in [2.45, 2.75) is 25.9 Å². The summed E-state index contributed by atoms with van der Waals surface area (Å²) in [5.74, 6) is 1.05. The van der Waals surface area contributed by atoms with E-state index >= 15 is 0 Å². The number of hydrogen-bond acceptors (Lipinski definition) is 5. The quantitative estimate of drug-likeness (QED) is 0.712. The van der Waals surface area contributed by atoms with Crippen LogP contribution in [0.25, 0.3) is 21.9 Å². The molecule has 0 atom stereocenters. The Morgan fingerprint density at radius 1 is 1.33 bits per heavy atom. The summed E-state index contributed by atoms with van der Waals surface area (Å²) >= 11 is 0. The molecule has 1 saturated heterocycles. The number of H-pyrrole nitrogens is 1. The molecule has 3 aromatic heterocycles. The molecule has 0 saturated carbocycles. The molecule has 7 heteroatoms. The first kappa shape index (κ1) is 15.3. The van der Waals surface area contributed by atoms with Gasteiger partial charge in [0, 0.05) is 24.7 Å². The normalized spacial score (nSPS) is 16.9. The minimum absolute atomic E-state index is 0.154. The lowest BCUT2D eigenvalue weighted by Crippen LogP contribution is -2.38. The Labute approximate surface area is 141 Å². The van der Waals surface area contributed by atoms with Crippen LogP contribution in [0, 0.1) is 0 Å². The van der Waals surface area contributed by atoms with Crippen molar-refractivity contribution < 1.29 is 4.74 Å². The van der Waals surface area contributed by atoms with Gasteiger partial charge in [0.15, 0.2) is 11.6 Å². The van der Waals surface area contributed by atoms with Gasteiger partial charge in [-0.25, -0.2) is 9.97 Å². The molecule has 6 nitrogen and oxygen atoms in total. The number of aromatic nitrogens is 3. The Balaban J connectivity index is 1.75. The van der Waals surface area contributed by atoms with Gasteiger partial charge in [-0.1, -0.05) is 18.5 Å². The Morgan fingerprint density at radius 3 is 2.88 bits per heavy atom. The molecule has 3 N–H and O–H groups in total. The first-order valence-electron chi connectivity index (χ1n) is 8.36. The zero-order chi connectivity index (χ0) is 16.7. The highest BCUT2D eigenvalue weighted by atomic mass is 16.5. The number of hydrogen-bond donors (Lipinski definition) is 2. The fourth-order valence-corrected chi connectivity index (χ4v) is 3.40. The number of nitrogen functional groups attached to an aromatic ring is 1. The fourth-order valence-electron chi connectivity index (χ4n) is 3.40. The third-order valence-electron chi connectivity index (χ3n) is 4.76. The van der Waals surface area contributed by atoms with Crippen LogP contribution in [0.2, 0.25) is 0 Å². The second kappa shape index (κ2) is 5.98. The van der Waals surface area contributed by atoms with Crippen molar-refractivity contribution in [1.29, 1.82) is 0 Å². The van der Waals surface area contributed by atoms with E-state index in [9.17, 15) is 0 Å². The van der Waals surface area contributed by atoms with Crippen molar-refractivity contribution in [1.82, 2.24) is 19.9 Å². The monoisotopic (exact) mass is 321 g/mol. The van der Waals surface area contributed by atoms with Crippen molar-refractivity contribution in [3.8, 4) is 5.75 Å². The highest BCUT2D eigenvalue weighted by molar-refractivity contribution is 6.33. The van der Waals surface area contributed by atoms with E-state index in [0.29, 0.717) is 17.0 Å². The number of rotatable bonds is 3. The van der Waals surface area contributed by atoms with E-state index in [4.69, 9.17) is 18.3 Å². The van der Waals surface area contributed by atoms with Gasteiger partial charge < -0.3 is 20.4 Å². The van der Waals surface area contributed by atoms with Crippen molar-refractivity contribution >= 4 is 41.1 Å². The number of likely N-dealkylation sites (tertiary alicyclic amines) is 1. The number of aromatic amines is 1. The van der Waals surface area contributed by atoms with Crippen LogP contribution in [0.3, 0.4) is 0 Å². The standard InChI is InChI=1S/C17H20BN5O/c1-2-23-5-3-11(4-6-23)24-15-14-12-7-10(18)8-21-17(12)22-13(14)9-20-16(15)19/h7-9,11H,2-6H2,1H3,(H2,19,20)(H,21,22). The first-order chi connectivity index (χ1) is 11.7. The summed E-state index contributed by atoms with van der Waals surface area (Å²) in [6.07, 6.45) is 5.49. The van der Waals surface area contributed by atoms with Crippen LogP contribution in [0.4, 0.5) is 5.82 Å². The van der Waals surface area contributed by atoms with Gasteiger partial charge in [0.25, 0.3) is 0 Å². The number of fused-ring (bicyclic) bond motifs is 3. The van der Waals surface area contributed by atoms with Gasteiger partial charge >= 0.3 is 0 Å². The van der Waals surface area contributed by atoms with E-state index in [1.165, 1.54) is 0 Å². The molecule has 0 unspecified atom stereocenters. The van der Waals surface area contributed by atoms with Crippen molar-refractivity contribution in [2.75, 3.05) is 25.4 Å². The van der Waals surface area contributed by atoms with Crippen LogP contribution >= 0.6 is 0 Å². The molecular weight excluding hydrogens is 301 g/mol. The Bertz CT molecular complexity index is 885. The van der Waals surface area contributed by atoms with Crippen LogP contribution in [-0.2, 0) is 0 Å². The molecule has 0 aromatic carbocycles. The van der Waals surface area contributed by atoms with Gasteiger partial charge in [-0.15, -0.1) is 0 Å². The topological polar surface area (TPSA) is 80.1 Å². The molecular formula is C17H20BN5O. The molecule has 3 aromatic rings. The molecule has 0 bridgehead atoms. The molecule has 4 rings (SSSR count). The Hall–Kier alpha value is -2.28. The molecule has 0 spiro atoms. The molecule has 1 aliphatic rings. The number of nitrogens with two attached hydrogens (primary N) is 1. The van der Waals surface area contributed by atoms with Gasteiger partial charge in [-0.2, -0.15) is 0 Å². The predicted octanol–water partition coefficient (Wildman–Crippen LogP) is 1.35. The number of piperidine rings is 1. The van der Waals surface area contributed by atoms with E-state index in [1.54, 1.807) is 12.4 Å². The summed E-state index contributed by atoms with van der Waals surface area (Å²) in [6.45, 7) is 5.37. The molecule has 0 aliphatic carbocycles. The summed E-state index contributed by atoms with van der Waals surface area (Å²) in [5.41, 5.74) is 8.37. The minimum Gasteiger partial charge on any atom is -0.486 e. The minimum atomic E-state index is 0.154. The lowest BCUT2D eigenvalue weighted by Gasteiger charge is -2.31. The number of ether oxygens (including phenoxy) is 1. The van der Waals surface area contributed by atoms with Gasteiger partial charge in [-0.3, -0.25) is 0 Å². The summed E-state index contributed by atoms with van der Waals surface area (Å²) in [7, 11) is 5.91. The van der Waals surface area contributed by atoms with E-state index in [-0.39, 0.29) is 6.10 Å². The highest BCUT2D eigenvalue weighted by Gasteiger charge is 2.23. The number of nitrogens with zero attached hydrogens (tertiary/aromatic N) is 3. The molecule has 1 fully saturated rings. The third-order valence-corrected chi connectivity index (χ3v) is 4.76. The Morgan fingerprint density at radius 2 is 2.12 bits per heavy atom. The molecule has 1 aliphatic heterocycles. The molecule has 0 amide bonds. The van der Waals surface area contributed by atoms with Crippen LogP contribution in [-0.4, -0.2) is 53.4 Å². The number of anilines is 1. The van der Waals surface area contributed by atoms with Crippen LogP contribution in [0.1, 0.15) is 19.8 Å². The summed E-state index contributed by atoms with van der Waals surface area (Å²) in [6, 6.07) is 1.90. The van der Waals surface area contributed by atoms with Crippen molar-refractivity contribution in [2.24, 2.45) is 0 Å². The van der Waals surface area contributed by atoms with Gasteiger partial charge in [0.1, 0.15) is 19.6 Å². The van der Waals surface area contributed by atoms with Crippen LogP contribution in [0.5, 0.6) is 5.75 Å². The zero-order valence-electron chi connectivity index (χ0n) is 13.7. The SMILES string of the molecule is [B]c1cnc2[nH]c3cnc(N)c(OC4CCN(CC)CC4)c3c2c1. The van der Waals surface area contributed by atoms with Gasteiger partial charge in [0.2, 0.25) is 0 Å². The van der Waals surface area contributed by atoms with E-state index in [1.807, 2.05) is 6.07 Å². The fraction of sp³-hybridized carbons (Fsp3) is 0.412. The van der Waals surface area contributed by atoms with Crippen molar-refractivity contribution in [3.05, 3.63) is 18.5 Å². The molecule has 24 heavy (non-hydrogen) atoms. The van der Waals surface area contributed by atoms with Crippen molar-refractivity contribution in [3.63, 3.8) is 0 Å². The summed E-state index contributed by atoms with van der Waals surface area (Å²) < 4.78 is 6.30. The second-order valence-corrected chi connectivity index (χ2v) is 6.30. The van der Waals surface area contributed by atoms with E-state index in [0.717, 1.165) is 54.4 Å². The maximum Gasteiger partial charge on any atom is 0.171 e. The molecule has 2 radical (unpaired) electrons. The average Bonchev–Trinajstić information content (AvgIpc) is 2.96. The summed E-state index contributed by atoms with van der Waals surface area (Å²) in [4.78, 5) is 14.3. The van der Waals surface area contributed by atoms with Crippen LogP contribution < -0.4 is 15.9 Å². The molecule has 4 heterocycles. The third kappa shape index (κ3) is 2.58. The molecule has 122 valence electrons. The first-order valence-corrected chi connectivity index (χ1v) is 8.36. The average molecular weight is 321 g/mol. The van der Waals surface area contributed by atoms with Gasteiger partial charge in [-0.05, 0) is 19.4 Å². The van der Waals surface area contributed by atoms with Crippen LogP contribution in [0.15, 0.2) is 18.5 Å². The lowest BCUT2D eigenvalue weighted by molar-refractivity contribution is 0.105. The lowest BCUT2D eigenvalue weighted by atomic mass is 9.97. The number of pyridine rings is 2. The highest BCUT2D eigenvalue weighted by Crippen LogP contribution is 2.36. The predicted molar refractivity (Wildman–Crippen MR) is 97.0 cm³/mol. The second-order valence-electron chi connectivity index (χ2n) is 6.30. The zero-order valence-corrected chi connectivity index (χ0v) is 13.7. The maximum atomic E-state index is 6.30. The number of nitrogens with one attached hydrogen (secondary N) is 1. The summed E-state index contributed by atoms with van der Waals surface area (Å²) in [5, 5.41) is 1.83. The Kier molecular flexibility index (Phi) is 3.80.